The lowest BCUT2D eigenvalue weighted by molar-refractivity contribution is 0.223. The number of urea groups is 1. The third kappa shape index (κ3) is 3.43. The van der Waals surface area contributed by atoms with E-state index in [4.69, 9.17) is 4.74 Å². The van der Waals surface area contributed by atoms with Gasteiger partial charge in [-0.25, -0.2) is 4.79 Å². The second-order valence-electron chi connectivity index (χ2n) is 6.09. The van der Waals surface area contributed by atoms with Crippen molar-refractivity contribution in [3.8, 4) is 5.75 Å². The van der Waals surface area contributed by atoms with Gasteiger partial charge in [0.2, 0.25) is 0 Å². The van der Waals surface area contributed by atoms with Gasteiger partial charge < -0.3 is 15.4 Å². The van der Waals surface area contributed by atoms with Crippen molar-refractivity contribution in [2.75, 3.05) is 13.2 Å². The highest BCUT2D eigenvalue weighted by atomic mass is 16.5. The van der Waals surface area contributed by atoms with Crippen LogP contribution in [0.1, 0.15) is 49.3 Å². The number of benzene rings is 1. The summed E-state index contributed by atoms with van der Waals surface area (Å²) in [6.45, 7) is 3.40. The molecule has 1 heterocycles. The normalized spacial score (nSPS) is 19.9. The van der Waals surface area contributed by atoms with Crippen LogP contribution in [0, 0.1) is 6.92 Å². The third-order valence-corrected chi connectivity index (χ3v) is 4.44. The Morgan fingerprint density at radius 1 is 1.41 bits per heavy atom. The first-order valence-electron chi connectivity index (χ1n) is 8.18. The molecule has 2 N–H and O–H groups in total. The van der Waals surface area contributed by atoms with Crippen molar-refractivity contribution in [1.82, 2.24) is 10.6 Å². The summed E-state index contributed by atoms with van der Waals surface area (Å²) in [5.74, 6) is 0.926. The van der Waals surface area contributed by atoms with Crippen molar-refractivity contribution in [2.24, 2.45) is 0 Å². The molecule has 0 saturated heterocycles. The van der Waals surface area contributed by atoms with Gasteiger partial charge in [-0.05, 0) is 38.2 Å². The van der Waals surface area contributed by atoms with Crippen molar-refractivity contribution in [3.05, 3.63) is 41.0 Å². The highest BCUT2D eigenvalue weighted by Gasteiger charge is 2.23. The number of hydrogen-bond donors (Lipinski definition) is 2. The first kappa shape index (κ1) is 14.9. The Kier molecular flexibility index (Phi) is 4.66. The van der Waals surface area contributed by atoms with E-state index in [1.807, 2.05) is 25.1 Å². The van der Waals surface area contributed by atoms with Gasteiger partial charge in [0.15, 0.2) is 0 Å². The van der Waals surface area contributed by atoms with Gasteiger partial charge in [0.1, 0.15) is 5.75 Å². The number of allylic oxidation sites excluding steroid dienone is 1. The predicted octanol–water partition coefficient (Wildman–Crippen LogP) is 3.62. The molecule has 4 heteroatoms. The number of nitrogens with one attached hydrogen (secondary N) is 2. The number of ether oxygens (including phenoxy) is 1. The quantitative estimate of drug-likeness (QED) is 0.834. The molecule has 0 radical (unpaired) electrons. The number of fused-ring (bicyclic) bond motifs is 1. The number of carbonyl (C=O) groups is 1. The molecule has 2 amide bonds. The molecule has 0 fully saturated rings. The van der Waals surface area contributed by atoms with Crippen LogP contribution in [0.15, 0.2) is 29.8 Å². The van der Waals surface area contributed by atoms with E-state index in [0.717, 1.165) is 29.7 Å². The molecule has 3 rings (SSSR count). The molecule has 2 aliphatic rings. The van der Waals surface area contributed by atoms with Crippen LogP contribution in [0.3, 0.4) is 0 Å². The number of carbonyl (C=O) groups excluding carboxylic acids is 1. The topological polar surface area (TPSA) is 50.4 Å². The van der Waals surface area contributed by atoms with Gasteiger partial charge in [0.25, 0.3) is 0 Å². The lowest BCUT2D eigenvalue weighted by Gasteiger charge is -2.27. The van der Waals surface area contributed by atoms with E-state index in [1.165, 1.54) is 24.8 Å². The minimum Gasteiger partial charge on any atom is -0.493 e. The standard InChI is InChI=1S/C18H24N2O2/c1-13-5-4-8-15-16(10-12-22-17(13)15)20-18(21)19-11-9-14-6-2-3-7-14/h4-6,8,16H,2-3,7,9-12H2,1H3,(H2,19,20,21)/t16-/m1/s1. The number of amides is 2. The molecule has 1 aromatic carbocycles. The average molecular weight is 300 g/mol. The van der Waals surface area contributed by atoms with E-state index < -0.39 is 0 Å². The first-order valence-corrected chi connectivity index (χ1v) is 8.18. The minimum atomic E-state index is -0.0852. The number of rotatable bonds is 4. The smallest absolute Gasteiger partial charge is 0.315 e. The summed E-state index contributed by atoms with van der Waals surface area (Å²) in [4.78, 5) is 12.1. The van der Waals surface area contributed by atoms with Crippen LogP contribution < -0.4 is 15.4 Å². The maximum Gasteiger partial charge on any atom is 0.315 e. The minimum absolute atomic E-state index is 0.0364. The van der Waals surface area contributed by atoms with Crippen molar-refractivity contribution < 1.29 is 9.53 Å². The first-order chi connectivity index (χ1) is 10.7. The SMILES string of the molecule is Cc1cccc2c1OCC[C@H]2NC(=O)NCCC1=CCCC1. The summed E-state index contributed by atoms with van der Waals surface area (Å²) in [5.41, 5.74) is 3.69. The number of aryl methyl sites for hydroxylation is 1. The lowest BCUT2D eigenvalue weighted by atomic mass is 9.98. The predicted molar refractivity (Wildman–Crippen MR) is 87.1 cm³/mol. The fourth-order valence-corrected chi connectivity index (χ4v) is 3.24. The van der Waals surface area contributed by atoms with Gasteiger partial charge in [-0.3, -0.25) is 0 Å². The summed E-state index contributed by atoms with van der Waals surface area (Å²) in [5, 5.41) is 6.05. The molecule has 0 unspecified atom stereocenters. The highest BCUT2D eigenvalue weighted by molar-refractivity contribution is 5.74. The van der Waals surface area contributed by atoms with E-state index in [2.05, 4.69) is 16.7 Å². The maximum atomic E-state index is 12.1. The van der Waals surface area contributed by atoms with Crippen LogP contribution in [0.2, 0.25) is 0 Å². The van der Waals surface area contributed by atoms with E-state index in [1.54, 1.807) is 0 Å². The second kappa shape index (κ2) is 6.86. The van der Waals surface area contributed by atoms with E-state index in [0.29, 0.717) is 13.2 Å². The molecular weight excluding hydrogens is 276 g/mol. The monoisotopic (exact) mass is 300 g/mol. The highest BCUT2D eigenvalue weighted by Crippen LogP contribution is 2.34. The van der Waals surface area contributed by atoms with E-state index >= 15 is 0 Å². The lowest BCUT2D eigenvalue weighted by Crippen LogP contribution is -2.40. The molecule has 0 saturated carbocycles. The van der Waals surface area contributed by atoms with Gasteiger partial charge in [-0.1, -0.05) is 29.8 Å². The number of para-hydroxylation sites is 1. The molecule has 1 atom stereocenters. The van der Waals surface area contributed by atoms with Crippen molar-refractivity contribution >= 4 is 6.03 Å². The Balaban J connectivity index is 1.53. The molecule has 0 bridgehead atoms. The van der Waals surface area contributed by atoms with E-state index in [-0.39, 0.29) is 12.1 Å². The van der Waals surface area contributed by atoms with Gasteiger partial charge in [-0.15, -0.1) is 0 Å². The third-order valence-electron chi connectivity index (χ3n) is 4.44. The number of hydrogen-bond acceptors (Lipinski definition) is 2. The largest absolute Gasteiger partial charge is 0.493 e. The zero-order valence-corrected chi connectivity index (χ0v) is 13.2. The van der Waals surface area contributed by atoms with Gasteiger partial charge >= 0.3 is 6.03 Å². The Hall–Kier alpha value is -1.97. The van der Waals surface area contributed by atoms with Crippen molar-refractivity contribution in [2.45, 2.75) is 45.1 Å². The molecule has 0 aromatic heterocycles. The molecule has 4 nitrogen and oxygen atoms in total. The molecular formula is C18H24N2O2. The van der Waals surface area contributed by atoms with Crippen LogP contribution in [-0.4, -0.2) is 19.2 Å². The van der Waals surface area contributed by atoms with E-state index in [9.17, 15) is 4.79 Å². The zero-order valence-electron chi connectivity index (χ0n) is 13.2. The summed E-state index contributed by atoms with van der Waals surface area (Å²) in [6.07, 6.45) is 7.73. The molecule has 0 spiro atoms. The van der Waals surface area contributed by atoms with Crippen LogP contribution in [0.25, 0.3) is 0 Å². The molecule has 118 valence electrons. The van der Waals surface area contributed by atoms with Gasteiger partial charge in [0.05, 0.1) is 12.6 Å². The Morgan fingerprint density at radius 2 is 2.32 bits per heavy atom. The molecule has 1 aromatic rings. The maximum absolute atomic E-state index is 12.1. The average Bonchev–Trinajstić information content (AvgIpc) is 3.02. The van der Waals surface area contributed by atoms with Crippen LogP contribution >= 0.6 is 0 Å². The van der Waals surface area contributed by atoms with Gasteiger partial charge in [0, 0.05) is 18.5 Å². The second-order valence-corrected chi connectivity index (χ2v) is 6.09. The summed E-state index contributed by atoms with van der Waals surface area (Å²) >= 11 is 0. The van der Waals surface area contributed by atoms with Crippen molar-refractivity contribution in [1.29, 1.82) is 0 Å². The fraction of sp³-hybridized carbons (Fsp3) is 0.500. The van der Waals surface area contributed by atoms with Crippen LogP contribution in [0.4, 0.5) is 4.79 Å². The molecule has 1 aliphatic heterocycles. The van der Waals surface area contributed by atoms with Crippen LogP contribution in [-0.2, 0) is 0 Å². The molecule has 1 aliphatic carbocycles. The Bertz CT molecular complexity index is 580. The molecule has 22 heavy (non-hydrogen) atoms. The van der Waals surface area contributed by atoms with Crippen molar-refractivity contribution in [3.63, 3.8) is 0 Å². The summed E-state index contributed by atoms with van der Waals surface area (Å²) < 4.78 is 5.74. The zero-order chi connectivity index (χ0) is 15.4. The summed E-state index contributed by atoms with van der Waals surface area (Å²) in [7, 11) is 0. The Morgan fingerprint density at radius 3 is 3.14 bits per heavy atom. The fourth-order valence-electron chi connectivity index (χ4n) is 3.24. The summed E-state index contributed by atoms with van der Waals surface area (Å²) in [6, 6.07) is 6.04. The van der Waals surface area contributed by atoms with Crippen LogP contribution in [0.5, 0.6) is 5.75 Å². The Labute approximate surface area is 131 Å². The van der Waals surface area contributed by atoms with Gasteiger partial charge in [-0.2, -0.15) is 0 Å².